The molecule has 0 unspecified atom stereocenters. The topological polar surface area (TPSA) is 99.0 Å². The molecule has 0 bridgehead atoms. The summed E-state index contributed by atoms with van der Waals surface area (Å²) in [5, 5.41) is 14.2. The smallest absolute Gasteiger partial charge is 0.311 e. The number of thiazole rings is 1. The largest absolute Gasteiger partial charge is 0.466 e. The fraction of sp³-hybridized carbons (Fsp3) is 0.350. The number of rotatable bonds is 9. The maximum absolute atomic E-state index is 12.3. The second kappa shape index (κ2) is 10.4. The van der Waals surface area contributed by atoms with Gasteiger partial charge in [-0.1, -0.05) is 35.5 Å². The molecular formula is C20H23N5O3S2. The molecule has 1 N–H and O–H groups in total. The Morgan fingerprint density at radius 2 is 2.10 bits per heavy atom. The first-order chi connectivity index (χ1) is 14.5. The van der Waals surface area contributed by atoms with E-state index in [1.165, 1.54) is 23.1 Å². The van der Waals surface area contributed by atoms with Gasteiger partial charge in [0.2, 0.25) is 5.91 Å². The van der Waals surface area contributed by atoms with Gasteiger partial charge >= 0.3 is 5.97 Å². The number of aryl methyl sites for hydroxylation is 1. The minimum atomic E-state index is -0.334. The van der Waals surface area contributed by atoms with Crippen LogP contribution < -0.4 is 5.32 Å². The molecule has 1 aromatic carbocycles. The number of esters is 1. The Morgan fingerprint density at radius 1 is 1.27 bits per heavy atom. The number of hydrogen-bond acceptors (Lipinski definition) is 8. The first-order valence-corrected chi connectivity index (χ1v) is 11.4. The van der Waals surface area contributed by atoms with Crippen LogP contribution in [0.5, 0.6) is 0 Å². The van der Waals surface area contributed by atoms with Gasteiger partial charge in [-0.05, 0) is 26.8 Å². The molecule has 0 saturated carbocycles. The molecule has 2 heterocycles. The Bertz CT molecular complexity index is 1030. The third-order valence-corrected chi connectivity index (χ3v) is 5.84. The van der Waals surface area contributed by atoms with Crippen LogP contribution in [0, 0.1) is 6.92 Å². The summed E-state index contributed by atoms with van der Waals surface area (Å²) in [6, 6.07) is 8.09. The monoisotopic (exact) mass is 445 g/mol. The number of thioether (sulfide) groups is 1. The van der Waals surface area contributed by atoms with Crippen LogP contribution in [0.15, 0.2) is 34.8 Å². The maximum Gasteiger partial charge on any atom is 0.311 e. The molecule has 1 amide bonds. The number of amides is 1. The van der Waals surface area contributed by atoms with Crippen molar-refractivity contribution in [1.29, 1.82) is 0 Å². The zero-order chi connectivity index (χ0) is 21.5. The van der Waals surface area contributed by atoms with Crippen LogP contribution in [0.1, 0.15) is 25.1 Å². The van der Waals surface area contributed by atoms with Gasteiger partial charge in [-0.25, -0.2) is 4.98 Å². The number of nitrogens with one attached hydrogen (secondary N) is 1. The number of ether oxygens (including phenoxy) is 1. The van der Waals surface area contributed by atoms with Crippen LogP contribution >= 0.6 is 23.1 Å². The lowest BCUT2D eigenvalue weighted by Crippen LogP contribution is -2.15. The Labute approximate surface area is 183 Å². The zero-order valence-corrected chi connectivity index (χ0v) is 18.7. The predicted molar refractivity (Wildman–Crippen MR) is 118 cm³/mol. The highest BCUT2D eigenvalue weighted by Gasteiger charge is 2.16. The molecule has 30 heavy (non-hydrogen) atoms. The van der Waals surface area contributed by atoms with Crippen molar-refractivity contribution in [2.75, 3.05) is 17.7 Å². The first-order valence-electron chi connectivity index (χ1n) is 9.53. The molecule has 0 radical (unpaired) electrons. The Balaban J connectivity index is 1.59. The number of aromatic nitrogens is 4. The number of benzene rings is 1. The van der Waals surface area contributed by atoms with Gasteiger partial charge < -0.3 is 14.6 Å². The fourth-order valence-electron chi connectivity index (χ4n) is 2.77. The minimum Gasteiger partial charge on any atom is -0.466 e. The van der Waals surface area contributed by atoms with Crippen LogP contribution in [-0.2, 0) is 27.3 Å². The number of carbonyl (C=O) groups is 2. The number of anilines is 1. The van der Waals surface area contributed by atoms with Gasteiger partial charge in [0, 0.05) is 17.5 Å². The van der Waals surface area contributed by atoms with E-state index in [-0.39, 0.29) is 24.1 Å². The summed E-state index contributed by atoms with van der Waals surface area (Å²) in [5.41, 5.74) is 2.73. The van der Waals surface area contributed by atoms with Crippen molar-refractivity contribution in [1.82, 2.24) is 19.7 Å². The lowest BCUT2D eigenvalue weighted by molar-refractivity contribution is -0.142. The Kier molecular flexibility index (Phi) is 7.58. The van der Waals surface area contributed by atoms with Crippen molar-refractivity contribution in [3.05, 3.63) is 40.9 Å². The highest BCUT2D eigenvalue weighted by molar-refractivity contribution is 7.99. The third kappa shape index (κ3) is 5.67. The van der Waals surface area contributed by atoms with E-state index in [0.717, 1.165) is 17.0 Å². The van der Waals surface area contributed by atoms with Crippen LogP contribution in [0.4, 0.5) is 5.13 Å². The zero-order valence-electron chi connectivity index (χ0n) is 17.0. The standard InChI is InChI=1S/C20H23N5O3S2/c1-4-25-18(14-8-6-7-13(3)9-14)23-24-20(25)30-12-16(26)22-19-21-15(11-29-19)10-17(27)28-5-2/h6-9,11H,4-5,10,12H2,1-3H3,(H,21,22,26). The maximum atomic E-state index is 12.3. The molecule has 0 aliphatic heterocycles. The van der Waals surface area contributed by atoms with Crippen LogP contribution in [-0.4, -0.2) is 44.0 Å². The van der Waals surface area contributed by atoms with Crippen LogP contribution in [0.2, 0.25) is 0 Å². The van der Waals surface area contributed by atoms with Crippen LogP contribution in [0.3, 0.4) is 0 Å². The predicted octanol–water partition coefficient (Wildman–Crippen LogP) is 3.57. The molecule has 158 valence electrons. The van der Waals surface area contributed by atoms with Crippen molar-refractivity contribution < 1.29 is 14.3 Å². The molecule has 0 aliphatic carbocycles. The molecule has 0 saturated heterocycles. The molecule has 2 aromatic heterocycles. The normalized spacial score (nSPS) is 10.8. The van der Waals surface area contributed by atoms with E-state index in [9.17, 15) is 9.59 Å². The summed E-state index contributed by atoms with van der Waals surface area (Å²) >= 11 is 2.60. The molecule has 0 spiro atoms. The van der Waals surface area contributed by atoms with Gasteiger partial charge in [-0.3, -0.25) is 9.59 Å². The summed E-state index contributed by atoms with van der Waals surface area (Å²) in [6.07, 6.45) is 0.0936. The number of hydrogen-bond donors (Lipinski definition) is 1. The highest BCUT2D eigenvalue weighted by Crippen LogP contribution is 2.25. The molecule has 10 heteroatoms. The average molecular weight is 446 g/mol. The second-order valence-corrected chi connectivity index (χ2v) is 8.18. The lowest BCUT2D eigenvalue weighted by atomic mass is 10.1. The Hall–Kier alpha value is -2.72. The van der Waals surface area contributed by atoms with Gasteiger partial charge in [0.1, 0.15) is 0 Å². The van der Waals surface area contributed by atoms with Gasteiger partial charge in [0.25, 0.3) is 0 Å². The first kappa shape index (κ1) is 22.0. The number of nitrogens with zero attached hydrogens (tertiary/aromatic N) is 4. The van der Waals surface area contributed by atoms with Gasteiger partial charge in [-0.2, -0.15) is 0 Å². The number of carbonyl (C=O) groups excluding carboxylic acids is 2. The van der Waals surface area contributed by atoms with Crippen molar-refractivity contribution >= 4 is 40.1 Å². The van der Waals surface area contributed by atoms with E-state index in [0.29, 0.717) is 29.1 Å². The quantitative estimate of drug-likeness (QED) is 0.397. The summed E-state index contributed by atoms with van der Waals surface area (Å²) in [7, 11) is 0. The van der Waals surface area contributed by atoms with E-state index in [1.54, 1.807) is 12.3 Å². The van der Waals surface area contributed by atoms with Gasteiger partial charge in [-0.15, -0.1) is 21.5 Å². The minimum absolute atomic E-state index is 0.0936. The summed E-state index contributed by atoms with van der Waals surface area (Å²) in [6.45, 7) is 6.84. The van der Waals surface area contributed by atoms with Crippen molar-refractivity contribution in [2.45, 2.75) is 38.9 Å². The summed E-state index contributed by atoms with van der Waals surface area (Å²) in [5.74, 6) is 0.436. The Morgan fingerprint density at radius 3 is 2.83 bits per heavy atom. The average Bonchev–Trinajstić information content (AvgIpc) is 3.32. The molecule has 8 nitrogen and oxygen atoms in total. The van der Waals surface area contributed by atoms with E-state index in [1.807, 2.05) is 36.6 Å². The van der Waals surface area contributed by atoms with Crippen molar-refractivity contribution in [2.24, 2.45) is 0 Å². The molecular weight excluding hydrogens is 422 g/mol. The highest BCUT2D eigenvalue weighted by atomic mass is 32.2. The van der Waals surface area contributed by atoms with Gasteiger partial charge in [0.05, 0.1) is 24.5 Å². The lowest BCUT2D eigenvalue weighted by Gasteiger charge is -2.07. The second-order valence-electron chi connectivity index (χ2n) is 6.38. The molecule has 0 aliphatic rings. The fourth-order valence-corrected chi connectivity index (χ4v) is 4.30. The molecule has 3 aromatic rings. The van der Waals surface area contributed by atoms with E-state index in [4.69, 9.17) is 4.74 Å². The SMILES string of the molecule is CCOC(=O)Cc1csc(NC(=O)CSc2nnc(-c3cccc(C)c3)n2CC)n1. The van der Waals surface area contributed by atoms with Crippen molar-refractivity contribution in [3.8, 4) is 11.4 Å². The third-order valence-electron chi connectivity index (χ3n) is 4.07. The van der Waals surface area contributed by atoms with E-state index < -0.39 is 0 Å². The molecule has 3 rings (SSSR count). The van der Waals surface area contributed by atoms with E-state index in [2.05, 4.69) is 26.6 Å². The summed E-state index contributed by atoms with van der Waals surface area (Å²) < 4.78 is 6.90. The summed E-state index contributed by atoms with van der Waals surface area (Å²) in [4.78, 5) is 28.1. The van der Waals surface area contributed by atoms with Crippen molar-refractivity contribution in [3.63, 3.8) is 0 Å². The van der Waals surface area contributed by atoms with Crippen LogP contribution in [0.25, 0.3) is 11.4 Å². The molecule has 0 atom stereocenters. The van der Waals surface area contributed by atoms with Gasteiger partial charge in [0.15, 0.2) is 16.1 Å². The molecule has 0 fully saturated rings. The van der Waals surface area contributed by atoms with E-state index >= 15 is 0 Å².